The Labute approximate surface area is 355 Å². The largest absolute Gasteiger partial charge is 0.508 e. The van der Waals surface area contributed by atoms with Gasteiger partial charge in [-0.2, -0.15) is 0 Å². The van der Waals surface area contributed by atoms with Crippen LogP contribution in [0.4, 0.5) is 4.79 Å². The molecule has 0 aromatic heterocycles. The Morgan fingerprint density at radius 2 is 1.16 bits per heavy atom. The van der Waals surface area contributed by atoms with E-state index >= 15 is 0 Å². The SMILES string of the molecule is CCCCC/C=C\C/C=C\CCCCCC(OC(=O)CCC(OCCCCCCCC)OCCCCCCCC)C(CC(C)COC(=O)OCCCN(C)C)C(=O)O. The predicted octanol–water partition coefficient (Wildman–Crippen LogP) is 12.6. The van der Waals surface area contributed by atoms with Crippen LogP contribution in [-0.2, 0) is 33.3 Å². The number of ether oxygens (including phenoxy) is 5. The van der Waals surface area contributed by atoms with Crippen LogP contribution >= 0.6 is 0 Å². The van der Waals surface area contributed by atoms with Crippen molar-refractivity contribution in [3.63, 3.8) is 0 Å². The van der Waals surface area contributed by atoms with Gasteiger partial charge in [-0.15, -0.1) is 0 Å². The smallest absolute Gasteiger partial charge is 0.481 e. The van der Waals surface area contributed by atoms with Gasteiger partial charge in [0.1, 0.15) is 6.10 Å². The number of nitrogens with zero attached hydrogens (tertiary/aromatic N) is 1. The Morgan fingerprint density at radius 1 is 0.621 bits per heavy atom. The van der Waals surface area contributed by atoms with Crippen molar-refractivity contribution in [1.82, 2.24) is 4.90 Å². The lowest BCUT2D eigenvalue weighted by Crippen LogP contribution is -2.35. The predicted molar refractivity (Wildman–Crippen MR) is 237 cm³/mol. The molecule has 0 radical (unpaired) electrons. The average molecular weight is 824 g/mol. The first kappa shape index (κ1) is 55.6. The molecule has 340 valence electrons. The number of unbranched alkanes of at least 4 members (excludes halogenated alkanes) is 16. The number of carbonyl (C=O) groups excluding carboxylic acids is 2. The van der Waals surface area contributed by atoms with Gasteiger partial charge in [-0.05, 0) is 90.6 Å². The van der Waals surface area contributed by atoms with E-state index in [9.17, 15) is 19.5 Å². The Hall–Kier alpha value is -2.43. The van der Waals surface area contributed by atoms with Crippen LogP contribution in [0.3, 0.4) is 0 Å². The quantitative estimate of drug-likeness (QED) is 0.0276. The van der Waals surface area contributed by atoms with Crippen molar-refractivity contribution >= 4 is 18.1 Å². The minimum absolute atomic E-state index is 0.0186. The first-order valence-corrected chi connectivity index (χ1v) is 23.5. The molecule has 3 unspecified atom stereocenters. The second-order valence-electron chi connectivity index (χ2n) is 16.4. The summed E-state index contributed by atoms with van der Waals surface area (Å²) in [5.41, 5.74) is 0. The van der Waals surface area contributed by atoms with E-state index in [1.54, 1.807) is 0 Å². The maximum absolute atomic E-state index is 13.4. The van der Waals surface area contributed by atoms with Crippen LogP contribution in [-0.4, -0.2) is 87.6 Å². The number of hydrogen-bond acceptors (Lipinski definition) is 9. The number of esters is 1. The molecule has 0 rings (SSSR count). The molecule has 0 spiro atoms. The second-order valence-corrected chi connectivity index (χ2v) is 16.4. The fourth-order valence-corrected chi connectivity index (χ4v) is 6.72. The molecule has 0 saturated heterocycles. The maximum Gasteiger partial charge on any atom is 0.508 e. The number of carbonyl (C=O) groups is 3. The molecular formula is C48H89NO9. The summed E-state index contributed by atoms with van der Waals surface area (Å²) in [5, 5.41) is 10.4. The van der Waals surface area contributed by atoms with Crippen molar-refractivity contribution in [2.45, 2.75) is 207 Å². The van der Waals surface area contributed by atoms with Crippen molar-refractivity contribution in [2.75, 3.05) is 47.1 Å². The van der Waals surface area contributed by atoms with Crippen molar-refractivity contribution < 1.29 is 43.2 Å². The van der Waals surface area contributed by atoms with Crippen molar-refractivity contribution in [2.24, 2.45) is 11.8 Å². The summed E-state index contributed by atoms with van der Waals surface area (Å²) < 4.78 is 28.8. The van der Waals surface area contributed by atoms with Crippen LogP contribution in [0.25, 0.3) is 0 Å². The van der Waals surface area contributed by atoms with Crippen LogP contribution < -0.4 is 0 Å². The third kappa shape index (κ3) is 36.6. The lowest BCUT2D eigenvalue weighted by molar-refractivity contribution is -0.168. The van der Waals surface area contributed by atoms with Gasteiger partial charge in [-0.1, -0.05) is 135 Å². The molecule has 0 aromatic rings. The van der Waals surface area contributed by atoms with Gasteiger partial charge in [0.2, 0.25) is 0 Å². The molecule has 3 atom stereocenters. The van der Waals surface area contributed by atoms with E-state index < -0.39 is 36.4 Å². The summed E-state index contributed by atoms with van der Waals surface area (Å²) in [7, 11) is 3.90. The molecule has 0 saturated carbocycles. The Morgan fingerprint density at radius 3 is 1.72 bits per heavy atom. The van der Waals surface area contributed by atoms with Crippen LogP contribution in [0.15, 0.2) is 24.3 Å². The molecule has 0 aromatic carbocycles. The zero-order chi connectivity index (χ0) is 42.9. The van der Waals surface area contributed by atoms with Crippen molar-refractivity contribution in [3.05, 3.63) is 24.3 Å². The minimum atomic E-state index is -1.02. The third-order valence-electron chi connectivity index (χ3n) is 10.3. The summed E-state index contributed by atoms with van der Waals surface area (Å²) in [5.74, 6) is -2.68. The molecule has 0 fully saturated rings. The Bertz CT molecular complexity index is 999. The molecule has 0 aliphatic heterocycles. The number of carboxylic acid groups (broad SMARTS) is 1. The van der Waals surface area contributed by atoms with Crippen LogP contribution in [0.2, 0.25) is 0 Å². The van der Waals surface area contributed by atoms with E-state index in [0.717, 1.165) is 70.8 Å². The van der Waals surface area contributed by atoms with E-state index in [4.69, 9.17) is 23.7 Å². The van der Waals surface area contributed by atoms with Crippen molar-refractivity contribution in [3.8, 4) is 0 Å². The summed E-state index contributed by atoms with van der Waals surface area (Å²) in [4.78, 5) is 40.3. The topological polar surface area (TPSA) is 121 Å². The standard InChI is InChI=1S/C48H89NO9/c1-7-10-13-16-19-20-21-22-23-24-25-26-29-33-44(43(47(51)52)40-42(4)41-57-48(53)56-39-32-36-49(5)6)58-45(50)34-35-46(54-37-30-27-17-14-11-8-2)55-38-31-28-18-15-12-9-3/h19-20,22-23,42-44,46H,7-18,21,24-41H2,1-6H3,(H,51,52)/b20-19-,23-22-. The number of hydrogen-bond donors (Lipinski definition) is 1. The van der Waals surface area contributed by atoms with Gasteiger partial charge in [0.15, 0.2) is 6.29 Å². The molecule has 10 heteroatoms. The molecule has 0 amide bonds. The Balaban J connectivity index is 5.37. The fraction of sp³-hybridized carbons (Fsp3) is 0.854. The number of aliphatic carboxylic acids is 1. The van der Waals surface area contributed by atoms with Crippen LogP contribution in [0, 0.1) is 11.8 Å². The molecule has 0 heterocycles. The zero-order valence-electron chi connectivity index (χ0n) is 38.2. The van der Waals surface area contributed by atoms with Gasteiger partial charge in [0.05, 0.1) is 25.6 Å². The van der Waals surface area contributed by atoms with Gasteiger partial charge >= 0.3 is 18.1 Å². The Kier molecular flexibility index (Phi) is 39.6. The summed E-state index contributed by atoms with van der Waals surface area (Å²) in [6.07, 6.45) is 31.9. The van der Waals surface area contributed by atoms with E-state index in [1.807, 2.05) is 25.9 Å². The molecule has 0 bridgehead atoms. The van der Waals surface area contributed by atoms with Crippen LogP contribution in [0.5, 0.6) is 0 Å². The molecule has 1 N–H and O–H groups in total. The highest BCUT2D eigenvalue weighted by molar-refractivity contribution is 5.73. The normalized spacial score (nSPS) is 13.4. The number of allylic oxidation sites excluding steroid dienone is 4. The van der Waals surface area contributed by atoms with Gasteiger partial charge in [-0.25, -0.2) is 4.79 Å². The molecular weight excluding hydrogens is 735 g/mol. The van der Waals surface area contributed by atoms with Gasteiger partial charge < -0.3 is 33.7 Å². The average Bonchev–Trinajstić information content (AvgIpc) is 3.19. The van der Waals surface area contributed by atoms with E-state index in [0.29, 0.717) is 32.5 Å². The lowest BCUT2D eigenvalue weighted by Gasteiger charge is -2.27. The van der Waals surface area contributed by atoms with Crippen LogP contribution in [0.1, 0.15) is 195 Å². The minimum Gasteiger partial charge on any atom is -0.481 e. The highest BCUT2D eigenvalue weighted by Gasteiger charge is 2.33. The van der Waals surface area contributed by atoms with E-state index in [2.05, 4.69) is 45.1 Å². The summed E-state index contributed by atoms with van der Waals surface area (Å²) in [6.45, 7) is 10.7. The first-order valence-electron chi connectivity index (χ1n) is 23.5. The highest BCUT2D eigenvalue weighted by atomic mass is 16.7. The first-order chi connectivity index (χ1) is 28.1. The van der Waals surface area contributed by atoms with E-state index in [-0.39, 0.29) is 32.0 Å². The molecule has 58 heavy (non-hydrogen) atoms. The van der Waals surface area contributed by atoms with Gasteiger partial charge in [0, 0.05) is 26.2 Å². The molecule has 10 nitrogen and oxygen atoms in total. The van der Waals surface area contributed by atoms with Crippen molar-refractivity contribution in [1.29, 1.82) is 0 Å². The maximum atomic E-state index is 13.4. The van der Waals surface area contributed by atoms with Gasteiger partial charge in [0.25, 0.3) is 0 Å². The monoisotopic (exact) mass is 824 g/mol. The summed E-state index contributed by atoms with van der Waals surface area (Å²) >= 11 is 0. The molecule has 0 aliphatic rings. The highest BCUT2D eigenvalue weighted by Crippen LogP contribution is 2.25. The third-order valence-corrected chi connectivity index (χ3v) is 10.3. The van der Waals surface area contributed by atoms with E-state index in [1.165, 1.54) is 70.6 Å². The number of carboxylic acids is 1. The zero-order valence-corrected chi connectivity index (χ0v) is 38.2. The summed E-state index contributed by atoms with van der Waals surface area (Å²) in [6, 6.07) is 0. The number of rotatable bonds is 42. The lowest BCUT2D eigenvalue weighted by atomic mass is 9.88. The molecule has 0 aliphatic carbocycles. The van der Waals surface area contributed by atoms with Gasteiger partial charge in [-0.3, -0.25) is 9.59 Å². The second kappa shape index (κ2) is 41.3. The fourth-order valence-electron chi connectivity index (χ4n) is 6.72.